The van der Waals surface area contributed by atoms with Crippen LogP contribution in [-0.2, 0) is 0 Å². The molecule has 0 spiro atoms. The summed E-state index contributed by atoms with van der Waals surface area (Å²) in [5, 5.41) is 14.0. The van der Waals surface area contributed by atoms with Gasteiger partial charge >= 0.3 is 0 Å². The van der Waals surface area contributed by atoms with Crippen molar-refractivity contribution >= 4 is 22.7 Å². The Hall–Kier alpha value is -3.49. The third kappa shape index (κ3) is 4.60. The number of β-amino-alcohol motifs (C(OH)–C–C–N with tert-alkyl or cyclic N) is 1. The molecule has 1 unspecified atom stereocenters. The molecular formula is C26H31N7O. The highest BCUT2D eigenvalue weighted by Gasteiger charge is 2.21. The van der Waals surface area contributed by atoms with E-state index in [0.29, 0.717) is 24.4 Å². The molecule has 1 atom stereocenters. The smallest absolute Gasteiger partial charge is 0.170 e. The van der Waals surface area contributed by atoms with Gasteiger partial charge in [0.2, 0.25) is 0 Å². The summed E-state index contributed by atoms with van der Waals surface area (Å²) in [5.74, 6) is 0.637. The summed E-state index contributed by atoms with van der Waals surface area (Å²) < 4.78 is 1.94. The Balaban J connectivity index is 1.17. The number of benzene rings is 2. The first kappa shape index (κ1) is 22.3. The van der Waals surface area contributed by atoms with Crippen molar-refractivity contribution in [2.24, 2.45) is 0 Å². The van der Waals surface area contributed by atoms with Crippen LogP contribution >= 0.6 is 0 Å². The number of nitrogens with one attached hydrogen (secondary N) is 1. The molecule has 8 heteroatoms. The molecule has 2 aromatic carbocycles. The Morgan fingerprint density at radius 1 is 0.941 bits per heavy atom. The number of anilines is 2. The third-order valence-corrected chi connectivity index (χ3v) is 6.63. The van der Waals surface area contributed by atoms with Crippen molar-refractivity contribution < 1.29 is 5.11 Å². The molecule has 176 valence electrons. The van der Waals surface area contributed by atoms with Crippen LogP contribution in [0, 0.1) is 13.8 Å². The second kappa shape index (κ2) is 9.79. The van der Waals surface area contributed by atoms with E-state index in [1.165, 1.54) is 23.1 Å². The zero-order chi connectivity index (χ0) is 23.5. The van der Waals surface area contributed by atoms with E-state index in [-0.39, 0.29) is 0 Å². The maximum absolute atomic E-state index is 10.7. The quantitative estimate of drug-likeness (QED) is 0.441. The number of aliphatic hydroxyl groups excluding tert-OH is 1. The molecule has 3 heterocycles. The highest BCUT2D eigenvalue weighted by atomic mass is 16.3. The Morgan fingerprint density at radius 3 is 2.53 bits per heavy atom. The van der Waals surface area contributed by atoms with Crippen LogP contribution in [0.3, 0.4) is 0 Å². The molecule has 34 heavy (non-hydrogen) atoms. The first-order valence-electron chi connectivity index (χ1n) is 11.8. The molecule has 4 aromatic rings. The number of piperazine rings is 1. The number of rotatable bonds is 7. The minimum absolute atomic E-state index is 0.404. The Bertz CT molecular complexity index is 1250. The van der Waals surface area contributed by atoms with Gasteiger partial charge in [0.15, 0.2) is 17.0 Å². The SMILES string of the molecule is Cc1cccc(N2CCN(CC(O)CNc3ncnc4c3ncn4-c3ccccc3)CC2)c1C. The number of aliphatic hydroxyl groups is 1. The van der Waals surface area contributed by atoms with E-state index < -0.39 is 6.10 Å². The molecule has 1 saturated heterocycles. The van der Waals surface area contributed by atoms with Gasteiger partial charge in [0.25, 0.3) is 0 Å². The minimum atomic E-state index is -0.506. The van der Waals surface area contributed by atoms with E-state index in [4.69, 9.17) is 0 Å². The van der Waals surface area contributed by atoms with Gasteiger partial charge in [0, 0.05) is 50.6 Å². The van der Waals surface area contributed by atoms with Crippen LogP contribution in [0.15, 0.2) is 61.2 Å². The predicted octanol–water partition coefficient (Wildman–Crippen LogP) is 3.03. The van der Waals surface area contributed by atoms with Crippen molar-refractivity contribution in [3.8, 4) is 5.69 Å². The van der Waals surface area contributed by atoms with E-state index in [0.717, 1.165) is 37.5 Å². The van der Waals surface area contributed by atoms with Gasteiger partial charge in [-0.05, 0) is 43.2 Å². The van der Waals surface area contributed by atoms with E-state index in [2.05, 4.69) is 62.1 Å². The van der Waals surface area contributed by atoms with Crippen LogP contribution in [0.25, 0.3) is 16.9 Å². The predicted molar refractivity (Wildman–Crippen MR) is 136 cm³/mol. The van der Waals surface area contributed by atoms with Crippen LogP contribution in [0.1, 0.15) is 11.1 Å². The van der Waals surface area contributed by atoms with E-state index in [1.807, 2.05) is 34.9 Å². The van der Waals surface area contributed by atoms with Crippen molar-refractivity contribution in [2.45, 2.75) is 20.0 Å². The van der Waals surface area contributed by atoms with Crippen molar-refractivity contribution in [3.05, 3.63) is 72.3 Å². The largest absolute Gasteiger partial charge is 0.390 e. The molecule has 1 aliphatic rings. The summed E-state index contributed by atoms with van der Waals surface area (Å²) in [5.41, 5.74) is 6.43. The standard InChI is InChI=1S/C26H31N7O/c1-19-7-6-10-23(20(19)2)32-13-11-31(12-14-32)16-22(34)15-27-25-24-26(29-17-28-25)33(18-30-24)21-8-4-3-5-9-21/h3-10,17-18,22,34H,11-16H2,1-2H3,(H,27,28,29). The number of hydrogen-bond donors (Lipinski definition) is 2. The molecule has 1 aliphatic heterocycles. The lowest BCUT2D eigenvalue weighted by molar-refractivity contribution is 0.118. The summed E-state index contributed by atoms with van der Waals surface area (Å²) in [6.07, 6.45) is 2.78. The monoisotopic (exact) mass is 457 g/mol. The molecule has 2 N–H and O–H groups in total. The van der Waals surface area contributed by atoms with E-state index in [1.54, 1.807) is 6.33 Å². The second-order valence-electron chi connectivity index (χ2n) is 8.89. The van der Waals surface area contributed by atoms with Crippen LogP contribution in [0.4, 0.5) is 11.5 Å². The molecule has 8 nitrogen and oxygen atoms in total. The minimum Gasteiger partial charge on any atom is -0.390 e. The number of fused-ring (bicyclic) bond motifs is 1. The molecular weight excluding hydrogens is 426 g/mol. The lowest BCUT2D eigenvalue weighted by Gasteiger charge is -2.37. The van der Waals surface area contributed by atoms with Crippen LogP contribution in [-0.4, -0.2) is 74.9 Å². The Labute approximate surface area is 199 Å². The fourth-order valence-corrected chi connectivity index (χ4v) is 4.57. The van der Waals surface area contributed by atoms with Gasteiger partial charge in [0.05, 0.1) is 6.10 Å². The molecule has 0 aliphatic carbocycles. The molecule has 0 radical (unpaired) electrons. The lowest BCUT2D eigenvalue weighted by Crippen LogP contribution is -2.49. The van der Waals surface area contributed by atoms with Crippen molar-refractivity contribution in [3.63, 3.8) is 0 Å². The molecule has 0 bridgehead atoms. The highest BCUT2D eigenvalue weighted by Crippen LogP contribution is 2.24. The first-order chi connectivity index (χ1) is 16.6. The average Bonchev–Trinajstić information content (AvgIpc) is 3.30. The lowest BCUT2D eigenvalue weighted by atomic mass is 10.1. The van der Waals surface area contributed by atoms with E-state index >= 15 is 0 Å². The molecule has 0 amide bonds. The third-order valence-electron chi connectivity index (χ3n) is 6.63. The van der Waals surface area contributed by atoms with Gasteiger partial charge < -0.3 is 15.3 Å². The first-order valence-corrected chi connectivity index (χ1v) is 11.8. The number of aromatic nitrogens is 4. The summed E-state index contributed by atoms with van der Waals surface area (Å²) in [6.45, 7) is 9.19. The van der Waals surface area contributed by atoms with Crippen LogP contribution < -0.4 is 10.2 Å². The summed E-state index contributed by atoms with van der Waals surface area (Å²) in [6, 6.07) is 16.5. The van der Waals surface area contributed by atoms with Gasteiger partial charge in [-0.2, -0.15) is 0 Å². The number of imidazole rings is 1. The highest BCUT2D eigenvalue weighted by molar-refractivity contribution is 5.83. The second-order valence-corrected chi connectivity index (χ2v) is 8.89. The topological polar surface area (TPSA) is 82.3 Å². The zero-order valence-corrected chi connectivity index (χ0v) is 19.7. The normalized spacial score (nSPS) is 15.6. The van der Waals surface area contributed by atoms with Crippen LogP contribution in [0.5, 0.6) is 0 Å². The van der Waals surface area contributed by atoms with Gasteiger partial charge in [-0.3, -0.25) is 9.47 Å². The van der Waals surface area contributed by atoms with Crippen molar-refractivity contribution in [2.75, 3.05) is 49.5 Å². The molecule has 5 rings (SSSR count). The molecule has 2 aromatic heterocycles. The van der Waals surface area contributed by atoms with Crippen molar-refractivity contribution in [1.29, 1.82) is 0 Å². The Morgan fingerprint density at radius 2 is 1.74 bits per heavy atom. The number of hydrogen-bond acceptors (Lipinski definition) is 7. The van der Waals surface area contributed by atoms with Crippen LogP contribution in [0.2, 0.25) is 0 Å². The van der Waals surface area contributed by atoms with Crippen molar-refractivity contribution in [1.82, 2.24) is 24.4 Å². The van der Waals surface area contributed by atoms with E-state index in [9.17, 15) is 5.11 Å². The molecule has 0 saturated carbocycles. The Kier molecular flexibility index (Phi) is 6.42. The molecule has 1 fully saturated rings. The average molecular weight is 458 g/mol. The zero-order valence-electron chi connectivity index (χ0n) is 19.7. The summed E-state index contributed by atoms with van der Waals surface area (Å²) >= 11 is 0. The maximum Gasteiger partial charge on any atom is 0.170 e. The maximum atomic E-state index is 10.7. The summed E-state index contributed by atoms with van der Waals surface area (Å²) in [7, 11) is 0. The van der Waals surface area contributed by atoms with Gasteiger partial charge in [-0.1, -0.05) is 30.3 Å². The van der Waals surface area contributed by atoms with Gasteiger partial charge in [-0.15, -0.1) is 0 Å². The van der Waals surface area contributed by atoms with Gasteiger partial charge in [0.1, 0.15) is 12.7 Å². The number of aryl methyl sites for hydroxylation is 1. The number of para-hydroxylation sites is 1. The fourth-order valence-electron chi connectivity index (χ4n) is 4.57. The number of nitrogens with zero attached hydrogens (tertiary/aromatic N) is 6. The fraction of sp³-hybridized carbons (Fsp3) is 0.346. The summed E-state index contributed by atoms with van der Waals surface area (Å²) in [4.78, 5) is 18.1. The van der Waals surface area contributed by atoms with Gasteiger partial charge in [-0.25, -0.2) is 15.0 Å².